The second-order valence-corrected chi connectivity index (χ2v) is 9.88. The van der Waals surface area contributed by atoms with Gasteiger partial charge < -0.3 is 20.1 Å². The van der Waals surface area contributed by atoms with Crippen molar-refractivity contribution in [2.24, 2.45) is 5.92 Å². The minimum Gasteiger partial charge on any atom is -0.496 e. The monoisotopic (exact) mass is 504 g/mol. The number of carbonyl (C=O) groups is 2. The summed E-state index contributed by atoms with van der Waals surface area (Å²) in [4.78, 5) is 26.6. The maximum Gasteiger partial charge on any atom is 0.272 e. The van der Waals surface area contributed by atoms with Gasteiger partial charge in [-0.15, -0.1) is 0 Å². The summed E-state index contributed by atoms with van der Waals surface area (Å²) >= 11 is 0. The summed E-state index contributed by atoms with van der Waals surface area (Å²) in [5.41, 5.74) is 2.65. The van der Waals surface area contributed by atoms with Crippen molar-refractivity contribution >= 4 is 11.8 Å². The molecule has 196 valence electrons. The van der Waals surface area contributed by atoms with E-state index in [2.05, 4.69) is 29.6 Å². The molecule has 0 saturated heterocycles. The van der Waals surface area contributed by atoms with Crippen LogP contribution in [-0.4, -0.2) is 47.9 Å². The predicted molar refractivity (Wildman–Crippen MR) is 143 cm³/mol. The number of hydrogen-bond donors (Lipinski definition) is 2. The number of methoxy groups -OCH3 is 2. The van der Waals surface area contributed by atoms with Gasteiger partial charge in [0.1, 0.15) is 17.5 Å². The molecule has 3 aromatic rings. The number of benzene rings is 2. The third-order valence-corrected chi connectivity index (χ3v) is 6.59. The van der Waals surface area contributed by atoms with Crippen molar-refractivity contribution in [3.05, 3.63) is 65.9 Å². The molecule has 8 heteroatoms. The fraction of sp³-hybridized carbons (Fsp3) is 0.414. The number of nitrogens with one attached hydrogen (secondary N) is 2. The van der Waals surface area contributed by atoms with Crippen molar-refractivity contribution in [2.45, 2.75) is 58.2 Å². The summed E-state index contributed by atoms with van der Waals surface area (Å²) in [6, 6.07) is 16.5. The first-order valence-corrected chi connectivity index (χ1v) is 12.8. The zero-order valence-corrected chi connectivity index (χ0v) is 22.0. The second kappa shape index (κ2) is 12.0. The Balaban J connectivity index is 1.65. The molecule has 2 N–H and O–H groups in total. The third-order valence-electron chi connectivity index (χ3n) is 6.59. The molecule has 0 radical (unpaired) electrons. The molecule has 0 aliphatic heterocycles. The lowest BCUT2D eigenvalue weighted by molar-refractivity contribution is -0.124. The summed E-state index contributed by atoms with van der Waals surface area (Å²) in [5.74, 6) is 0.961. The molecule has 1 aliphatic carbocycles. The highest BCUT2D eigenvalue weighted by Crippen LogP contribution is 2.38. The molecule has 1 heterocycles. The van der Waals surface area contributed by atoms with Gasteiger partial charge >= 0.3 is 0 Å². The molecule has 1 aliphatic rings. The smallest absolute Gasteiger partial charge is 0.272 e. The van der Waals surface area contributed by atoms with Gasteiger partial charge in [0.25, 0.3) is 5.91 Å². The quantitative estimate of drug-likeness (QED) is 0.408. The Kier molecular flexibility index (Phi) is 8.48. The van der Waals surface area contributed by atoms with Gasteiger partial charge in [0.2, 0.25) is 5.91 Å². The highest BCUT2D eigenvalue weighted by molar-refractivity contribution is 5.97. The molecule has 0 spiro atoms. The van der Waals surface area contributed by atoms with E-state index in [1.54, 1.807) is 25.0 Å². The van der Waals surface area contributed by atoms with E-state index in [4.69, 9.17) is 9.47 Å². The van der Waals surface area contributed by atoms with Crippen molar-refractivity contribution < 1.29 is 19.1 Å². The van der Waals surface area contributed by atoms with E-state index in [1.807, 2.05) is 48.5 Å². The Labute approximate surface area is 218 Å². The zero-order valence-electron chi connectivity index (χ0n) is 22.0. The van der Waals surface area contributed by atoms with Gasteiger partial charge in [0.15, 0.2) is 5.69 Å². The summed E-state index contributed by atoms with van der Waals surface area (Å²) in [6.45, 7) is 4.77. The summed E-state index contributed by atoms with van der Waals surface area (Å²) in [6.07, 6.45) is 3.46. The van der Waals surface area contributed by atoms with Crippen LogP contribution >= 0.6 is 0 Å². The Morgan fingerprint density at radius 1 is 1.03 bits per heavy atom. The molecule has 1 aromatic heterocycles. The Hall–Kier alpha value is -3.81. The Morgan fingerprint density at radius 2 is 1.70 bits per heavy atom. The van der Waals surface area contributed by atoms with E-state index in [0.29, 0.717) is 30.2 Å². The number of amides is 2. The van der Waals surface area contributed by atoms with Gasteiger partial charge in [-0.25, -0.2) is 0 Å². The molecule has 8 nitrogen and oxygen atoms in total. The first-order valence-electron chi connectivity index (χ1n) is 12.8. The fourth-order valence-electron chi connectivity index (χ4n) is 4.46. The van der Waals surface area contributed by atoms with Gasteiger partial charge in [0, 0.05) is 19.0 Å². The lowest BCUT2D eigenvalue weighted by atomic mass is 9.92. The summed E-state index contributed by atoms with van der Waals surface area (Å²) in [5, 5.41) is 10.7. The van der Waals surface area contributed by atoms with Gasteiger partial charge in [-0.05, 0) is 48.9 Å². The number of ether oxygens (including phenoxy) is 2. The minimum atomic E-state index is -0.713. The van der Waals surface area contributed by atoms with Crippen LogP contribution in [0.2, 0.25) is 0 Å². The number of rotatable bonds is 11. The standard InChI is InChI=1S/C29H36N4O4/c1-19(2)18-33-24(27-25(36-3)14-9-15-26(27)37-4)17-23(32-33)29(35)31-22(16-20-10-6-5-7-11-20)28(34)30-21-12-8-13-21/h5-7,9-11,14-15,17,19,21-22H,8,12-13,16,18H2,1-4H3,(H,30,34)(H,31,35)/t22-/m0/s1. The van der Waals surface area contributed by atoms with E-state index in [-0.39, 0.29) is 23.6 Å². The Bertz CT molecular complexity index is 1200. The zero-order chi connectivity index (χ0) is 26.4. The van der Waals surface area contributed by atoms with E-state index >= 15 is 0 Å². The maximum absolute atomic E-state index is 13.5. The van der Waals surface area contributed by atoms with Crippen LogP contribution < -0.4 is 20.1 Å². The van der Waals surface area contributed by atoms with Crippen LogP contribution in [0.1, 0.15) is 49.2 Å². The highest BCUT2D eigenvalue weighted by Gasteiger charge is 2.28. The average molecular weight is 505 g/mol. The van der Waals surface area contributed by atoms with Gasteiger partial charge in [0.05, 0.1) is 25.5 Å². The highest BCUT2D eigenvalue weighted by atomic mass is 16.5. The van der Waals surface area contributed by atoms with E-state index < -0.39 is 11.9 Å². The largest absolute Gasteiger partial charge is 0.496 e. The number of hydrogen-bond acceptors (Lipinski definition) is 5. The predicted octanol–water partition coefficient (Wildman–Crippen LogP) is 4.23. The minimum absolute atomic E-state index is 0.171. The van der Waals surface area contributed by atoms with Crippen LogP contribution in [0.5, 0.6) is 11.5 Å². The van der Waals surface area contributed by atoms with Crippen LogP contribution in [0.4, 0.5) is 0 Å². The number of aromatic nitrogens is 2. The van der Waals surface area contributed by atoms with Crippen molar-refractivity contribution in [2.75, 3.05) is 14.2 Å². The van der Waals surface area contributed by atoms with Gasteiger partial charge in [-0.3, -0.25) is 14.3 Å². The molecule has 2 aromatic carbocycles. The van der Waals surface area contributed by atoms with Crippen molar-refractivity contribution in [1.82, 2.24) is 20.4 Å². The molecular formula is C29H36N4O4. The molecule has 2 amide bonds. The molecule has 1 atom stereocenters. The Morgan fingerprint density at radius 3 is 2.27 bits per heavy atom. The molecule has 1 saturated carbocycles. The molecule has 1 fully saturated rings. The lowest BCUT2D eigenvalue weighted by Crippen LogP contribution is -2.52. The third kappa shape index (κ3) is 6.31. The van der Waals surface area contributed by atoms with Crippen LogP contribution in [0, 0.1) is 5.92 Å². The van der Waals surface area contributed by atoms with Crippen LogP contribution in [0.15, 0.2) is 54.6 Å². The number of carbonyl (C=O) groups excluding carboxylic acids is 2. The van der Waals surface area contributed by atoms with Crippen molar-refractivity contribution in [1.29, 1.82) is 0 Å². The fourth-order valence-corrected chi connectivity index (χ4v) is 4.46. The molecule has 4 rings (SSSR count). The van der Waals surface area contributed by atoms with E-state index in [1.165, 1.54) is 0 Å². The van der Waals surface area contributed by atoms with Crippen LogP contribution in [-0.2, 0) is 17.8 Å². The van der Waals surface area contributed by atoms with E-state index in [0.717, 1.165) is 30.4 Å². The first kappa shape index (κ1) is 26.3. The lowest BCUT2D eigenvalue weighted by Gasteiger charge is -2.29. The molecular weight excluding hydrogens is 468 g/mol. The summed E-state index contributed by atoms with van der Waals surface area (Å²) in [7, 11) is 3.20. The second-order valence-electron chi connectivity index (χ2n) is 9.88. The van der Waals surface area contributed by atoms with Crippen molar-refractivity contribution in [3.8, 4) is 22.8 Å². The SMILES string of the molecule is COc1cccc(OC)c1-c1cc(C(=O)N[C@@H](Cc2ccccc2)C(=O)NC2CCC2)nn1CC(C)C. The van der Waals surface area contributed by atoms with Crippen molar-refractivity contribution in [3.63, 3.8) is 0 Å². The topological polar surface area (TPSA) is 94.5 Å². The average Bonchev–Trinajstić information content (AvgIpc) is 3.28. The molecule has 0 bridgehead atoms. The van der Waals surface area contributed by atoms with Crippen LogP contribution in [0.25, 0.3) is 11.3 Å². The van der Waals surface area contributed by atoms with Gasteiger partial charge in [-0.2, -0.15) is 5.10 Å². The summed E-state index contributed by atoms with van der Waals surface area (Å²) < 4.78 is 13.0. The van der Waals surface area contributed by atoms with Gasteiger partial charge in [-0.1, -0.05) is 50.2 Å². The molecule has 37 heavy (non-hydrogen) atoms. The van der Waals surface area contributed by atoms with Crippen LogP contribution in [0.3, 0.4) is 0 Å². The molecule has 0 unspecified atom stereocenters. The van der Waals surface area contributed by atoms with E-state index in [9.17, 15) is 9.59 Å². The maximum atomic E-state index is 13.5. The number of nitrogens with zero attached hydrogens (tertiary/aromatic N) is 2. The first-order chi connectivity index (χ1) is 17.9. The normalized spacial score (nSPS) is 14.1.